The Bertz CT molecular complexity index is 1060. The molecular formula is C22H19N3O2. The van der Waals surface area contributed by atoms with Gasteiger partial charge in [-0.2, -0.15) is 5.10 Å². The van der Waals surface area contributed by atoms with Crippen LogP contribution in [-0.4, -0.2) is 21.6 Å². The molecule has 0 atom stereocenters. The van der Waals surface area contributed by atoms with Crippen molar-refractivity contribution in [1.29, 1.82) is 0 Å². The predicted molar refractivity (Wildman–Crippen MR) is 104 cm³/mol. The van der Waals surface area contributed by atoms with Crippen LogP contribution in [0.25, 0.3) is 6.08 Å². The lowest BCUT2D eigenvalue weighted by molar-refractivity contribution is -0.129. The molecule has 0 saturated carbocycles. The van der Waals surface area contributed by atoms with E-state index >= 15 is 0 Å². The number of aliphatic imine (C=N–C) groups is 1. The van der Waals surface area contributed by atoms with Crippen LogP contribution in [0.15, 0.2) is 71.6 Å². The molecule has 5 nitrogen and oxygen atoms in total. The van der Waals surface area contributed by atoms with Gasteiger partial charge in [-0.15, -0.1) is 0 Å². The Hall–Kier alpha value is -3.47. The monoisotopic (exact) mass is 357 g/mol. The highest BCUT2D eigenvalue weighted by molar-refractivity contribution is 6.12. The third kappa shape index (κ3) is 3.72. The molecule has 2 heterocycles. The Kier molecular flexibility index (Phi) is 4.42. The first-order valence-electron chi connectivity index (χ1n) is 8.75. The standard InChI is InChI=1S/C22H19N3O2/c1-15-8-9-19(10-16(15)2)21-24-20(22(26)27-21)11-18-12-23-25(14-18)13-17-6-4-3-5-7-17/h3-12,14H,13H2,1-2H3/b20-11-. The van der Waals surface area contributed by atoms with E-state index in [0.717, 1.165) is 22.3 Å². The summed E-state index contributed by atoms with van der Waals surface area (Å²) in [7, 11) is 0. The zero-order valence-electron chi connectivity index (χ0n) is 15.2. The summed E-state index contributed by atoms with van der Waals surface area (Å²) in [5.41, 5.74) is 5.37. The lowest BCUT2D eigenvalue weighted by atomic mass is 10.1. The van der Waals surface area contributed by atoms with Gasteiger partial charge in [-0.1, -0.05) is 36.4 Å². The Labute approximate surface area is 157 Å². The molecule has 0 saturated heterocycles. The highest BCUT2D eigenvalue weighted by Gasteiger charge is 2.24. The van der Waals surface area contributed by atoms with Crippen molar-refractivity contribution in [3.05, 3.63) is 94.4 Å². The van der Waals surface area contributed by atoms with Gasteiger partial charge in [0.15, 0.2) is 5.70 Å². The maximum atomic E-state index is 12.2. The Morgan fingerprint density at radius 2 is 1.89 bits per heavy atom. The number of carbonyl (C=O) groups is 1. The quantitative estimate of drug-likeness (QED) is 0.526. The van der Waals surface area contributed by atoms with E-state index in [4.69, 9.17) is 4.74 Å². The van der Waals surface area contributed by atoms with Crippen LogP contribution >= 0.6 is 0 Å². The fourth-order valence-electron chi connectivity index (χ4n) is 2.88. The van der Waals surface area contributed by atoms with Crippen molar-refractivity contribution in [1.82, 2.24) is 9.78 Å². The molecule has 1 aliphatic heterocycles. The van der Waals surface area contributed by atoms with Gasteiger partial charge in [0.05, 0.1) is 12.7 Å². The van der Waals surface area contributed by atoms with Crippen molar-refractivity contribution in [2.75, 3.05) is 0 Å². The molecule has 0 bridgehead atoms. The molecule has 0 radical (unpaired) electrons. The molecular weight excluding hydrogens is 338 g/mol. The summed E-state index contributed by atoms with van der Waals surface area (Å²) in [6.07, 6.45) is 5.30. The van der Waals surface area contributed by atoms with Gasteiger partial charge in [0.25, 0.3) is 0 Å². The minimum Gasteiger partial charge on any atom is -0.402 e. The fraction of sp³-hybridized carbons (Fsp3) is 0.136. The van der Waals surface area contributed by atoms with Crippen LogP contribution in [0.5, 0.6) is 0 Å². The van der Waals surface area contributed by atoms with Crippen LogP contribution in [0.2, 0.25) is 0 Å². The van der Waals surface area contributed by atoms with Crippen molar-refractivity contribution < 1.29 is 9.53 Å². The maximum Gasteiger partial charge on any atom is 0.363 e. The second kappa shape index (κ2) is 7.03. The summed E-state index contributed by atoms with van der Waals surface area (Å²) < 4.78 is 7.17. The largest absolute Gasteiger partial charge is 0.402 e. The lowest BCUT2D eigenvalue weighted by Crippen LogP contribution is -2.05. The molecule has 27 heavy (non-hydrogen) atoms. The van der Waals surface area contributed by atoms with Gasteiger partial charge in [0.2, 0.25) is 5.90 Å². The molecule has 3 aromatic rings. The highest BCUT2D eigenvalue weighted by atomic mass is 16.6. The number of benzene rings is 2. The van der Waals surface area contributed by atoms with Crippen molar-refractivity contribution in [3.8, 4) is 0 Å². The summed E-state index contributed by atoms with van der Waals surface area (Å²) >= 11 is 0. The molecule has 0 fully saturated rings. The van der Waals surface area contributed by atoms with Crippen molar-refractivity contribution in [2.45, 2.75) is 20.4 Å². The van der Waals surface area contributed by atoms with Gasteiger partial charge in [0, 0.05) is 17.3 Å². The number of aryl methyl sites for hydroxylation is 2. The number of cyclic esters (lactones) is 1. The lowest BCUT2D eigenvalue weighted by Gasteiger charge is -2.03. The number of nitrogens with zero attached hydrogens (tertiary/aromatic N) is 3. The van der Waals surface area contributed by atoms with Gasteiger partial charge < -0.3 is 4.74 Å². The molecule has 134 valence electrons. The molecule has 0 aliphatic carbocycles. The first-order chi connectivity index (χ1) is 13.1. The number of rotatable bonds is 4. The van der Waals surface area contributed by atoms with E-state index in [9.17, 15) is 4.79 Å². The number of aromatic nitrogens is 2. The van der Waals surface area contributed by atoms with Crippen LogP contribution in [-0.2, 0) is 16.1 Å². The Morgan fingerprint density at radius 1 is 1.07 bits per heavy atom. The maximum absolute atomic E-state index is 12.2. The third-order valence-corrected chi connectivity index (χ3v) is 4.52. The second-order valence-electron chi connectivity index (χ2n) is 6.59. The summed E-state index contributed by atoms with van der Waals surface area (Å²) in [6.45, 7) is 4.74. The summed E-state index contributed by atoms with van der Waals surface area (Å²) in [4.78, 5) is 16.5. The number of hydrogen-bond donors (Lipinski definition) is 0. The van der Waals surface area contributed by atoms with E-state index in [1.807, 2.05) is 73.3 Å². The van der Waals surface area contributed by atoms with Crippen LogP contribution in [0.3, 0.4) is 0 Å². The Morgan fingerprint density at radius 3 is 2.67 bits per heavy atom. The van der Waals surface area contributed by atoms with E-state index < -0.39 is 5.97 Å². The van der Waals surface area contributed by atoms with E-state index in [1.54, 1.807) is 12.3 Å². The average molecular weight is 357 g/mol. The van der Waals surface area contributed by atoms with E-state index in [-0.39, 0.29) is 5.70 Å². The Balaban J connectivity index is 1.56. The van der Waals surface area contributed by atoms with Crippen LogP contribution in [0.4, 0.5) is 0 Å². The van der Waals surface area contributed by atoms with E-state index in [1.165, 1.54) is 5.56 Å². The molecule has 1 aliphatic rings. The molecule has 0 amide bonds. The average Bonchev–Trinajstić information content (AvgIpc) is 3.25. The second-order valence-corrected chi connectivity index (χ2v) is 6.59. The molecule has 0 N–H and O–H groups in total. The van der Waals surface area contributed by atoms with Crippen molar-refractivity contribution >= 4 is 17.9 Å². The van der Waals surface area contributed by atoms with Crippen LogP contribution in [0.1, 0.15) is 27.8 Å². The minimum absolute atomic E-state index is 0.280. The van der Waals surface area contributed by atoms with Gasteiger partial charge in [0.1, 0.15) is 0 Å². The first-order valence-corrected chi connectivity index (χ1v) is 8.75. The third-order valence-electron chi connectivity index (χ3n) is 4.52. The smallest absolute Gasteiger partial charge is 0.363 e. The molecule has 0 unspecified atom stereocenters. The zero-order valence-corrected chi connectivity index (χ0v) is 15.2. The van der Waals surface area contributed by atoms with Gasteiger partial charge in [-0.3, -0.25) is 4.68 Å². The summed E-state index contributed by atoms with van der Waals surface area (Å²) in [6, 6.07) is 16.0. The fourth-order valence-corrected chi connectivity index (χ4v) is 2.88. The predicted octanol–water partition coefficient (Wildman–Crippen LogP) is 3.89. The number of ether oxygens (including phenoxy) is 1. The van der Waals surface area contributed by atoms with Crippen molar-refractivity contribution in [2.24, 2.45) is 4.99 Å². The van der Waals surface area contributed by atoms with Gasteiger partial charge >= 0.3 is 5.97 Å². The zero-order chi connectivity index (χ0) is 18.8. The van der Waals surface area contributed by atoms with Crippen LogP contribution in [0, 0.1) is 13.8 Å². The van der Waals surface area contributed by atoms with Crippen LogP contribution < -0.4 is 0 Å². The molecule has 1 aromatic heterocycles. The highest BCUT2D eigenvalue weighted by Crippen LogP contribution is 2.20. The number of esters is 1. The summed E-state index contributed by atoms with van der Waals surface area (Å²) in [5.74, 6) is -0.106. The molecule has 5 heteroatoms. The number of hydrogen-bond acceptors (Lipinski definition) is 4. The SMILES string of the molecule is Cc1ccc(C2=N/C(=C\c3cnn(Cc4ccccc4)c3)C(=O)O2)cc1C. The van der Waals surface area contributed by atoms with Crippen molar-refractivity contribution in [3.63, 3.8) is 0 Å². The number of carbonyl (C=O) groups excluding carboxylic acids is 1. The first kappa shape index (κ1) is 17.0. The minimum atomic E-state index is -0.445. The molecule has 0 spiro atoms. The van der Waals surface area contributed by atoms with Gasteiger partial charge in [-0.05, 0) is 48.7 Å². The van der Waals surface area contributed by atoms with E-state index in [2.05, 4.69) is 10.1 Å². The summed E-state index contributed by atoms with van der Waals surface area (Å²) in [5, 5.41) is 4.35. The molecule has 2 aromatic carbocycles. The normalized spacial score (nSPS) is 15.1. The topological polar surface area (TPSA) is 56.5 Å². The van der Waals surface area contributed by atoms with E-state index in [0.29, 0.717) is 12.4 Å². The molecule has 4 rings (SSSR count). The van der Waals surface area contributed by atoms with Gasteiger partial charge in [-0.25, -0.2) is 9.79 Å².